The molecule has 0 saturated heterocycles. The SMILES string of the molecule is CC(C)(COCc1ccccc1)c1cc2cc(CC(=O)C3(C4C=CC5=C(C4)OC(F)(F)O5)CC3)c(F)cc2n1C[C@@H](O)COCc1ccccc1.CC(C)(COCc1ccccc1)c1cc2cc(CC(=O)C3(c4ccc5c(c4)OC(F)(F)O5)CC3)c(F)cc2n1C[C@@H](O)CO. The summed E-state index contributed by atoms with van der Waals surface area (Å²) in [4.78, 5) is 27.4. The van der Waals surface area contributed by atoms with Gasteiger partial charge < -0.3 is 57.6 Å². The second kappa shape index (κ2) is 26.8. The molecule has 13 rings (SSSR count). The summed E-state index contributed by atoms with van der Waals surface area (Å²) in [5, 5.41) is 32.5. The maximum atomic E-state index is 16.0. The van der Waals surface area contributed by atoms with Gasteiger partial charge in [0.25, 0.3) is 0 Å². The van der Waals surface area contributed by atoms with Crippen LogP contribution in [0.5, 0.6) is 11.5 Å². The molecular formula is C75H76F6N2O12. The number of nitrogens with zero attached hydrogens (tertiary/aromatic N) is 2. The number of benzene rings is 6. The van der Waals surface area contributed by atoms with Gasteiger partial charge >= 0.3 is 12.6 Å². The largest absolute Gasteiger partial charge is 0.586 e. The average molecular weight is 1310 g/mol. The molecule has 1 unspecified atom stereocenters. The Labute approximate surface area is 546 Å². The van der Waals surface area contributed by atoms with Gasteiger partial charge in [-0.15, -0.1) is 17.6 Å². The zero-order valence-corrected chi connectivity index (χ0v) is 53.2. The number of halogens is 6. The number of carbonyl (C=O) groups is 2. The van der Waals surface area contributed by atoms with Crippen LogP contribution in [0, 0.1) is 23.0 Å². The van der Waals surface area contributed by atoms with E-state index in [0.29, 0.717) is 80.7 Å². The molecular weight excluding hydrogens is 1230 g/mol. The summed E-state index contributed by atoms with van der Waals surface area (Å²) in [7, 11) is 0. The van der Waals surface area contributed by atoms with Crippen LogP contribution in [0.3, 0.4) is 0 Å². The first-order chi connectivity index (χ1) is 45.3. The van der Waals surface area contributed by atoms with Gasteiger partial charge in [-0.2, -0.15) is 0 Å². The van der Waals surface area contributed by atoms with Crippen molar-refractivity contribution in [3.05, 3.63) is 226 Å². The molecule has 3 aliphatic carbocycles. The maximum Gasteiger partial charge on any atom is 0.586 e. The van der Waals surface area contributed by atoms with E-state index < -0.39 is 64.7 Å². The Hall–Kier alpha value is -8.24. The zero-order chi connectivity index (χ0) is 67.1. The molecule has 0 radical (unpaired) electrons. The third-order valence-corrected chi connectivity index (χ3v) is 18.7. The smallest absolute Gasteiger partial charge is 0.400 e. The van der Waals surface area contributed by atoms with E-state index in [1.165, 1.54) is 30.3 Å². The van der Waals surface area contributed by atoms with Crippen LogP contribution in [0.25, 0.3) is 21.8 Å². The van der Waals surface area contributed by atoms with E-state index in [1.54, 1.807) is 28.8 Å². The number of rotatable bonds is 27. The number of allylic oxidation sites excluding steroid dienone is 3. The molecule has 0 spiro atoms. The number of aliphatic hydroxyl groups excluding tert-OH is 3. The highest BCUT2D eigenvalue weighted by molar-refractivity contribution is 5.96. The van der Waals surface area contributed by atoms with Gasteiger partial charge in [-0.3, -0.25) is 9.59 Å². The van der Waals surface area contributed by atoms with Gasteiger partial charge in [-0.1, -0.05) is 131 Å². The Morgan fingerprint density at radius 2 is 1.06 bits per heavy atom. The minimum absolute atomic E-state index is 0.0161. The molecule has 3 N–H and O–H groups in total. The predicted octanol–water partition coefficient (Wildman–Crippen LogP) is 13.9. The first-order valence-corrected chi connectivity index (χ1v) is 31.9. The number of alkyl halides is 4. The monoisotopic (exact) mass is 1310 g/mol. The summed E-state index contributed by atoms with van der Waals surface area (Å²) in [6.07, 6.45) is -4.22. The lowest BCUT2D eigenvalue weighted by atomic mass is 9.78. The van der Waals surface area contributed by atoms with Crippen LogP contribution in [0.15, 0.2) is 169 Å². The Morgan fingerprint density at radius 3 is 1.57 bits per heavy atom. The summed E-state index contributed by atoms with van der Waals surface area (Å²) >= 11 is 0. The number of ether oxygens (including phenoxy) is 7. The van der Waals surface area contributed by atoms with Crippen LogP contribution in [0.1, 0.15) is 105 Å². The van der Waals surface area contributed by atoms with E-state index in [0.717, 1.165) is 33.5 Å². The summed E-state index contributed by atoms with van der Waals surface area (Å²) in [5.41, 5.74) is 4.07. The lowest BCUT2D eigenvalue weighted by Gasteiger charge is -2.28. The average Bonchev–Trinajstić information content (AvgIpc) is 1.61. The number of ketones is 2. The Kier molecular flexibility index (Phi) is 18.8. The van der Waals surface area contributed by atoms with Crippen molar-refractivity contribution in [1.82, 2.24) is 9.13 Å². The predicted molar refractivity (Wildman–Crippen MR) is 341 cm³/mol. The third-order valence-electron chi connectivity index (χ3n) is 18.7. The molecule has 2 aromatic heterocycles. The molecule has 14 nitrogen and oxygen atoms in total. The molecule has 0 bridgehead atoms. The summed E-state index contributed by atoms with van der Waals surface area (Å²) < 4.78 is 126. The lowest BCUT2D eigenvalue weighted by molar-refractivity contribution is -0.336. The fourth-order valence-electron chi connectivity index (χ4n) is 13.3. The van der Waals surface area contributed by atoms with E-state index in [9.17, 15) is 42.5 Å². The van der Waals surface area contributed by atoms with E-state index in [4.69, 9.17) is 18.9 Å². The minimum Gasteiger partial charge on any atom is -0.400 e. The Morgan fingerprint density at radius 1 is 0.579 bits per heavy atom. The van der Waals surface area contributed by atoms with E-state index >= 15 is 8.78 Å². The van der Waals surface area contributed by atoms with Gasteiger partial charge in [0.05, 0.1) is 88.0 Å². The van der Waals surface area contributed by atoms with Gasteiger partial charge in [-0.25, -0.2) is 8.78 Å². The van der Waals surface area contributed by atoms with Crippen molar-refractivity contribution in [2.75, 3.05) is 26.4 Å². The van der Waals surface area contributed by atoms with E-state index in [-0.39, 0.29) is 90.6 Å². The fourth-order valence-corrected chi connectivity index (χ4v) is 13.3. The van der Waals surface area contributed by atoms with Crippen LogP contribution in [0.2, 0.25) is 0 Å². The van der Waals surface area contributed by atoms with Gasteiger partial charge in [-0.05, 0) is 120 Å². The number of hydrogen-bond donors (Lipinski definition) is 3. The van der Waals surface area contributed by atoms with Crippen molar-refractivity contribution in [3.63, 3.8) is 0 Å². The minimum atomic E-state index is -3.76. The first-order valence-electron chi connectivity index (χ1n) is 31.9. The van der Waals surface area contributed by atoms with Crippen molar-refractivity contribution in [2.24, 2.45) is 11.3 Å². The number of aliphatic hydroxyl groups is 3. The maximum absolute atomic E-state index is 16.0. The molecule has 8 aromatic rings. The zero-order valence-electron chi connectivity index (χ0n) is 53.2. The Bertz CT molecular complexity index is 4180. The van der Waals surface area contributed by atoms with Gasteiger partial charge in [0.1, 0.15) is 29.0 Å². The molecule has 2 aliphatic heterocycles. The second-order valence-corrected chi connectivity index (χ2v) is 26.9. The van der Waals surface area contributed by atoms with Crippen LogP contribution < -0.4 is 9.47 Å². The normalized spacial score (nSPS) is 18.4. The van der Waals surface area contributed by atoms with Crippen LogP contribution in [-0.2, 0) is 95.3 Å². The molecule has 500 valence electrons. The quantitative estimate of drug-likeness (QED) is 0.0417. The molecule has 20 heteroatoms. The van der Waals surface area contributed by atoms with E-state index in [1.807, 2.05) is 135 Å². The lowest BCUT2D eigenvalue weighted by Crippen LogP contribution is -2.30. The van der Waals surface area contributed by atoms with Crippen molar-refractivity contribution in [1.29, 1.82) is 0 Å². The number of carbonyl (C=O) groups excluding carboxylic acids is 2. The van der Waals surface area contributed by atoms with Crippen molar-refractivity contribution in [3.8, 4) is 11.5 Å². The summed E-state index contributed by atoms with van der Waals surface area (Å²) in [5.74, 6) is -2.00. The topological polar surface area (TPSA) is 169 Å². The first kappa shape index (κ1) is 66.8. The molecule has 95 heavy (non-hydrogen) atoms. The summed E-state index contributed by atoms with van der Waals surface area (Å²) in [6.45, 7) is 9.81. The van der Waals surface area contributed by atoms with Crippen LogP contribution >= 0.6 is 0 Å². The highest BCUT2D eigenvalue weighted by Crippen LogP contribution is 2.58. The molecule has 2 fully saturated rings. The fraction of sp³-hybridized carbons (Fsp3) is 0.387. The summed E-state index contributed by atoms with van der Waals surface area (Å²) in [6, 6.07) is 43.7. The molecule has 4 heterocycles. The molecule has 5 aliphatic rings. The van der Waals surface area contributed by atoms with E-state index in [2.05, 4.69) is 14.2 Å². The molecule has 0 amide bonds. The van der Waals surface area contributed by atoms with Crippen LogP contribution in [0.4, 0.5) is 26.3 Å². The second-order valence-electron chi connectivity index (χ2n) is 26.9. The van der Waals surface area contributed by atoms with Gasteiger partial charge in [0.2, 0.25) is 0 Å². The molecule has 3 atom stereocenters. The van der Waals surface area contributed by atoms with Gasteiger partial charge in [0.15, 0.2) is 17.3 Å². The number of aromatic nitrogens is 2. The number of hydrogen-bond acceptors (Lipinski definition) is 12. The van der Waals surface area contributed by atoms with Crippen molar-refractivity contribution in [2.45, 2.75) is 147 Å². The van der Waals surface area contributed by atoms with Crippen molar-refractivity contribution < 1.29 is 84.4 Å². The number of fused-ring (bicyclic) bond motifs is 3. The van der Waals surface area contributed by atoms with Crippen molar-refractivity contribution >= 4 is 33.4 Å². The Balaban J connectivity index is 0.000000184. The van der Waals surface area contributed by atoms with Crippen LogP contribution in [-0.4, -0.2) is 87.2 Å². The third kappa shape index (κ3) is 14.8. The highest BCUT2D eigenvalue weighted by Gasteiger charge is 2.57. The molecule has 6 aromatic carbocycles. The standard InChI is InChI=1S/C41H42F3NO6.C34H34F3NO6/c1-39(2,26-49-24-28-11-7-4-8-12-28)37-18-30-17-29(19-38(47)40(15-16-40)31-13-14-35-36(20-31)51-41(43,44)50-35)33(42)21-34(30)45(37)22-32(46)25-48-23-27-9-5-3-6-10-27;1-32(2,20-42-19-21-6-4-3-5-7-21)30-13-23-12-22(26(35)16-27(23)38(30)17-25(40)18-39)14-31(41)33(10-11-33)24-8-9-28-29(15-24)44-34(36,37)43-28/h3-14,17-18,21,31-32,46H,15-16,19-20,22-26H2,1-2H3;3-9,12-13,15-16,25,39-40H,10-11,14,17-20H2,1-2H3/t31?,32-;25-/m11/s1. The molecule has 2 saturated carbocycles. The van der Waals surface area contributed by atoms with Gasteiger partial charge in [0, 0.05) is 57.7 Å². The number of Topliss-reactive ketones (excluding diaryl/α,β-unsaturated/α-hetero) is 2. The highest BCUT2D eigenvalue weighted by atomic mass is 19.3.